The van der Waals surface area contributed by atoms with Gasteiger partial charge in [-0.15, -0.1) is 0 Å². The van der Waals surface area contributed by atoms with E-state index in [1.54, 1.807) is 0 Å². The molecule has 1 N–H and O–H groups in total. The summed E-state index contributed by atoms with van der Waals surface area (Å²) in [7, 11) is -2.13. The normalized spacial score (nSPS) is 29.5. The molecule has 20 heavy (non-hydrogen) atoms. The van der Waals surface area contributed by atoms with Crippen LogP contribution in [0.5, 0.6) is 0 Å². The van der Waals surface area contributed by atoms with E-state index < -0.39 is 27.2 Å². The first kappa shape index (κ1) is 15.8. The largest absolute Gasteiger partial charge is 0.469 e. The van der Waals surface area contributed by atoms with E-state index in [4.69, 9.17) is 4.74 Å². The first-order chi connectivity index (χ1) is 9.45. The van der Waals surface area contributed by atoms with Crippen LogP contribution >= 0.6 is 0 Å². The summed E-state index contributed by atoms with van der Waals surface area (Å²) in [5.41, 5.74) is 0. The summed E-state index contributed by atoms with van der Waals surface area (Å²) in [5, 5.41) is -0.626. The van der Waals surface area contributed by atoms with Crippen molar-refractivity contribution in [2.75, 3.05) is 7.11 Å². The van der Waals surface area contributed by atoms with E-state index in [0.717, 1.165) is 19.3 Å². The van der Waals surface area contributed by atoms with Gasteiger partial charge in [-0.05, 0) is 38.5 Å². The highest BCUT2D eigenvalue weighted by Gasteiger charge is 2.43. The van der Waals surface area contributed by atoms with Crippen LogP contribution in [0.25, 0.3) is 0 Å². The molecule has 2 rings (SSSR count). The lowest BCUT2D eigenvalue weighted by Gasteiger charge is -2.24. The molecule has 2 fully saturated rings. The third-order valence-electron chi connectivity index (χ3n) is 4.81. The van der Waals surface area contributed by atoms with Gasteiger partial charge in [0, 0.05) is 6.04 Å². The lowest BCUT2D eigenvalue weighted by molar-refractivity contribution is -0.145. The minimum absolute atomic E-state index is 0.0404. The van der Waals surface area contributed by atoms with Crippen LogP contribution < -0.4 is 4.72 Å². The Balaban J connectivity index is 2.03. The lowest BCUT2D eigenvalue weighted by atomic mass is 10.0. The molecule has 0 saturated heterocycles. The van der Waals surface area contributed by atoms with Gasteiger partial charge in [-0.25, -0.2) is 13.1 Å². The van der Waals surface area contributed by atoms with Crippen molar-refractivity contribution in [1.82, 2.24) is 4.72 Å². The summed E-state index contributed by atoms with van der Waals surface area (Å²) < 4.78 is 32.6. The molecule has 2 unspecified atom stereocenters. The molecule has 3 atom stereocenters. The number of ether oxygens (including phenoxy) is 1. The van der Waals surface area contributed by atoms with Gasteiger partial charge in [-0.3, -0.25) is 4.79 Å². The molecular formula is C14H25NO4S. The number of nitrogens with one attached hydrogen (secondary N) is 1. The van der Waals surface area contributed by atoms with Crippen LogP contribution in [0, 0.1) is 11.8 Å². The maximum atomic E-state index is 12.5. The molecule has 5 nitrogen and oxygen atoms in total. The Kier molecular flexibility index (Phi) is 5.07. The zero-order valence-corrected chi connectivity index (χ0v) is 13.1. The summed E-state index contributed by atoms with van der Waals surface area (Å²) in [4.78, 5) is 11.7. The van der Waals surface area contributed by atoms with Gasteiger partial charge < -0.3 is 4.74 Å². The zero-order valence-electron chi connectivity index (χ0n) is 12.3. The fraction of sp³-hybridized carbons (Fsp3) is 0.929. The molecule has 0 bridgehead atoms. The highest BCUT2D eigenvalue weighted by atomic mass is 32.2. The Bertz CT molecular complexity index is 442. The van der Waals surface area contributed by atoms with Crippen LogP contribution in [-0.2, 0) is 19.6 Å². The Morgan fingerprint density at radius 2 is 1.80 bits per heavy atom. The highest BCUT2D eigenvalue weighted by Crippen LogP contribution is 2.33. The summed E-state index contributed by atoms with van der Waals surface area (Å²) in [6, 6.07) is -0.0404. The second-order valence-corrected chi connectivity index (χ2v) is 8.03. The van der Waals surface area contributed by atoms with Gasteiger partial charge in [0.2, 0.25) is 10.0 Å². The Morgan fingerprint density at radius 3 is 2.40 bits per heavy atom. The van der Waals surface area contributed by atoms with E-state index in [0.29, 0.717) is 18.8 Å². The zero-order chi connectivity index (χ0) is 14.8. The molecule has 0 aromatic carbocycles. The van der Waals surface area contributed by atoms with E-state index in [-0.39, 0.29) is 6.04 Å². The van der Waals surface area contributed by atoms with Gasteiger partial charge in [0.15, 0.2) is 0 Å². The van der Waals surface area contributed by atoms with Crippen molar-refractivity contribution in [3.8, 4) is 0 Å². The minimum atomic E-state index is -3.45. The van der Waals surface area contributed by atoms with Crippen LogP contribution in [0.4, 0.5) is 0 Å². The number of hydrogen-bond donors (Lipinski definition) is 1. The quantitative estimate of drug-likeness (QED) is 0.786. The topological polar surface area (TPSA) is 72.5 Å². The van der Waals surface area contributed by atoms with E-state index in [1.807, 2.05) is 6.92 Å². The van der Waals surface area contributed by atoms with E-state index in [2.05, 4.69) is 4.72 Å². The van der Waals surface area contributed by atoms with Gasteiger partial charge in [-0.1, -0.05) is 19.3 Å². The maximum absolute atomic E-state index is 12.5. The summed E-state index contributed by atoms with van der Waals surface area (Å²) >= 11 is 0. The number of hydrogen-bond acceptors (Lipinski definition) is 4. The fourth-order valence-corrected chi connectivity index (χ4v) is 5.66. The molecule has 116 valence electrons. The first-order valence-corrected chi connectivity index (χ1v) is 9.09. The molecule has 0 aromatic heterocycles. The monoisotopic (exact) mass is 303 g/mol. The van der Waals surface area contributed by atoms with Crippen molar-refractivity contribution in [3.05, 3.63) is 0 Å². The van der Waals surface area contributed by atoms with Gasteiger partial charge in [0.25, 0.3) is 0 Å². The van der Waals surface area contributed by atoms with E-state index in [9.17, 15) is 13.2 Å². The van der Waals surface area contributed by atoms with Crippen molar-refractivity contribution in [2.45, 2.75) is 63.2 Å². The first-order valence-electron chi connectivity index (χ1n) is 7.54. The second kappa shape index (κ2) is 6.43. The number of esters is 1. The maximum Gasteiger partial charge on any atom is 0.310 e. The van der Waals surface area contributed by atoms with E-state index in [1.165, 1.54) is 20.0 Å². The molecule has 0 aliphatic heterocycles. The number of carbonyl (C=O) groups excluding carboxylic acids is 1. The molecule has 2 aliphatic carbocycles. The second-order valence-electron chi connectivity index (χ2n) is 6.10. The Hall–Kier alpha value is -0.620. The van der Waals surface area contributed by atoms with Crippen molar-refractivity contribution in [3.63, 3.8) is 0 Å². The number of rotatable bonds is 5. The SMILES string of the molecule is COC(=O)C1CCCC1S(=O)(=O)N[C@H](C)C1CCCC1. The molecule has 0 heterocycles. The molecule has 2 aliphatic rings. The van der Waals surface area contributed by atoms with Crippen molar-refractivity contribution >= 4 is 16.0 Å². The lowest BCUT2D eigenvalue weighted by Crippen LogP contribution is -2.45. The van der Waals surface area contributed by atoms with Gasteiger partial charge in [0.05, 0.1) is 18.3 Å². The number of carbonyl (C=O) groups is 1. The smallest absolute Gasteiger partial charge is 0.310 e. The summed E-state index contributed by atoms with van der Waals surface area (Å²) in [5.74, 6) is -0.470. The predicted octanol–water partition coefficient (Wildman–Crippen LogP) is 1.83. The number of sulfonamides is 1. The number of methoxy groups -OCH3 is 1. The Morgan fingerprint density at radius 1 is 1.15 bits per heavy atom. The molecule has 6 heteroatoms. The third-order valence-corrected chi connectivity index (χ3v) is 6.87. The molecule has 0 aromatic rings. The highest BCUT2D eigenvalue weighted by molar-refractivity contribution is 7.90. The van der Waals surface area contributed by atoms with Crippen LogP contribution in [0.1, 0.15) is 51.9 Å². The molecular weight excluding hydrogens is 278 g/mol. The van der Waals surface area contributed by atoms with Crippen molar-refractivity contribution < 1.29 is 17.9 Å². The van der Waals surface area contributed by atoms with Crippen molar-refractivity contribution in [1.29, 1.82) is 0 Å². The van der Waals surface area contributed by atoms with Gasteiger partial charge in [-0.2, -0.15) is 0 Å². The van der Waals surface area contributed by atoms with Gasteiger partial charge in [0.1, 0.15) is 0 Å². The molecule has 2 saturated carbocycles. The Labute approximate surface area is 121 Å². The van der Waals surface area contributed by atoms with Crippen LogP contribution in [0.2, 0.25) is 0 Å². The fourth-order valence-electron chi connectivity index (χ4n) is 3.62. The van der Waals surface area contributed by atoms with Crippen LogP contribution in [0.15, 0.2) is 0 Å². The average Bonchev–Trinajstić information content (AvgIpc) is 3.08. The standard InChI is InChI=1S/C14H25NO4S/c1-10(11-6-3-4-7-11)15-20(17,18)13-9-5-8-12(13)14(16)19-2/h10-13,15H,3-9H2,1-2H3/t10-,12?,13?/m1/s1. The average molecular weight is 303 g/mol. The van der Waals surface area contributed by atoms with Gasteiger partial charge >= 0.3 is 5.97 Å². The van der Waals surface area contributed by atoms with Crippen LogP contribution in [-0.4, -0.2) is 32.8 Å². The minimum Gasteiger partial charge on any atom is -0.469 e. The van der Waals surface area contributed by atoms with Crippen molar-refractivity contribution in [2.24, 2.45) is 11.8 Å². The van der Waals surface area contributed by atoms with Crippen LogP contribution in [0.3, 0.4) is 0 Å². The van der Waals surface area contributed by atoms with E-state index >= 15 is 0 Å². The predicted molar refractivity (Wildman–Crippen MR) is 76.6 cm³/mol. The summed E-state index contributed by atoms with van der Waals surface area (Å²) in [6.45, 7) is 1.94. The molecule has 0 amide bonds. The third kappa shape index (κ3) is 3.34. The summed E-state index contributed by atoms with van der Waals surface area (Å²) in [6.07, 6.45) is 6.48. The molecule has 0 spiro atoms. The molecule has 0 radical (unpaired) electrons.